The molecule has 0 saturated heterocycles. The maximum atomic E-state index is 11.2. The number of alkyl halides is 1. The molecular weight excluding hydrogens is 308 g/mol. The Hall–Kier alpha value is -0.150. The van der Waals surface area contributed by atoms with E-state index in [1.807, 2.05) is 12.1 Å². The van der Waals surface area contributed by atoms with Crippen LogP contribution in [0, 0.1) is 0 Å². The van der Waals surface area contributed by atoms with Crippen molar-refractivity contribution < 1.29 is 4.79 Å². The molecule has 0 fully saturated rings. The van der Waals surface area contributed by atoms with E-state index in [4.69, 9.17) is 0 Å². The molecule has 0 amide bonds. The summed E-state index contributed by atoms with van der Waals surface area (Å²) in [5, 5.41) is 0. The largest absolute Gasteiger partial charge is 0.298 e. The summed E-state index contributed by atoms with van der Waals surface area (Å²) in [6, 6.07) is 6.01. The van der Waals surface area contributed by atoms with Crippen LogP contribution in [0.3, 0.4) is 0 Å². The zero-order valence-electron chi connectivity index (χ0n) is 8.18. The number of carbonyl (C=O) groups is 1. The predicted octanol–water partition coefficient (Wildman–Crippen LogP) is 4.04. The fourth-order valence-electron chi connectivity index (χ4n) is 1.29. The van der Waals surface area contributed by atoms with E-state index in [1.54, 1.807) is 6.92 Å². The molecule has 0 radical (unpaired) electrons. The Labute approximate surface area is 101 Å². The van der Waals surface area contributed by atoms with Gasteiger partial charge in [-0.25, -0.2) is 0 Å². The molecule has 1 aromatic rings. The summed E-state index contributed by atoms with van der Waals surface area (Å²) in [5.74, 6) is 0.124. The molecule has 0 spiro atoms. The first-order chi connectivity index (χ1) is 6.57. The van der Waals surface area contributed by atoms with E-state index < -0.39 is 0 Å². The minimum atomic E-state index is -0.205. The average Bonchev–Trinajstić information content (AvgIpc) is 2.17. The van der Waals surface area contributed by atoms with Crippen molar-refractivity contribution in [3.63, 3.8) is 0 Å². The van der Waals surface area contributed by atoms with Crippen LogP contribution in [0.1, 0.15) is 29.8 Å². The van der Waals surface area contributed by atoms with Gasteiger partial charge in [-0.1, -0.05) is 57.0 Å². The molecule has 0 heterocycles. The van der Waals surface area contributed by atoms with Gasteiger partial charge in [-0.3, -0.25) is 4.79 Å². The number of benzene rings is 1. The molecule has 1 rings (SSSR count). The van der Waals surface area contributed by atoms with Crippen LogP contribution >= 0.6 is 31.9 Å². The molecule has 1 atom stereocenters. The van der Waals surface area contributed by atoms with Crippen molar-refractivity contribution in [2.75, 3.05) is 0 Å². The first-order valence-corrected chi connectivity index (χ1v) is 6.20. The minimum absolute atomic E-state index is 0.124. The van der Waals surface area contributed by atoms with Crippen LogP contribution in [0.25, 0.3) is 0 Å². The first-order valence-electron chi connectivity index (χ1n) is 4.49. The highest BCUT2D eigenvalue weighted by atomic mass is 79.9. The second kappa shape index (κ2) is 5.08. The lowest BCUT2D eigenvalue weighted by Crippen LogP contribution is -2.03. The fourth-order valence-corrected chi connectivity index (χ4v) is 2.75. The van der Waals surface area contributed by atoms with Gasteiger partial charge in [-0.15, -0.1) is 0 Å². The zero-order valence-corrected chi connectivity index (χ0v) is 11.4. The van der Waals surface area contributed by atoms with Crippen LogP contribution in [-0.4, -0.2) is 5.78 Å². The van der Waals surface area contributed by atoms with E-state index in [-0.39, 0.29) is 10.6 Å². The van der Waals surface area contributed by atoms with Gasteiger partial charge in [0.15, 0.2) is 0 Å². The number of aryl methyl sites for hydroxylation is 1. The molecule has 0 aliphatic rings. The van der Waals surface area contributed by atoms with Crippen LogP contribution in [0.15, 0.2) is 22.7 Å². The Morgan fingerprint density at radius 2 is 2.14 bits per heavy atom. The highest BCUT2D eigenvalue weighted by molar-refractivity contribution is 9.11. The van der Waals surface area contributed by atoms with Gasteiger partial charge in [0.1, 0.15) is 5.78 Å². The van der Waals surface area contributed by atoms with E-state index >= 15 is 0 Å². The summed E-state index contributed by atoms with van der Waals surface area (Å²) in [5.41, 5.74) is 2.24. The van der Waals surface area contributed by atoms with Gasteiger partial charge in [0, 0.05) is 4.47 Å². The molecule has 0 bridgehead atoms. The van der Waals surface area contributed by atoms with Crippen LogP contribution in [0.5, 0.6) is 0 Å². The van der Waals surface area contributed by atoms with Crippen molar-refractivity contribution in [3.8, 4) is 0 Å². The van der Waals surface area contributed by atoms with Gasteiger partial charge in [-0.05, 0) is 24.5 Å². The number of Topliss-reactive ketones (excluding diaryl/α,β-unsaturated/α-hetero) is 1. The molecule has 0 aromatic heterocycles. The maximum Gasteiger partial charge on any atom is 0.147 e. The standard InChI is InChI=1S/C11H12Br2O/c1-3-8-5-4-6-9(11(8)13)10(12)7(2)14/h4-6,10H,3H2,1-2H3. The molecule has 0 aliphatic carbocycles. The number of ketones is 1. The Morgan fingerprint density at radius 1 is 1.50 bits per heavy atom. The number of hydrogen-bond donors (Lipinski definition) is 0. The second-order valence-corrected chi connectivity index (χ2v) is 4.86. The van der Waals surface area contributed by atoms with Crippen molar-refractivity contribution >= 4 is 37.6 Å². The Balaban J connectivity index is 3.15. The van der Waals surface area contributed by atoms with Crippen molar-refractivity contribution in [1.29, 1.82) is 0 Å². The van der Waals surface area contributed by atoms with Gasteiger partial charge in [0.2, 0.25) is 0 Å². The van der Waals surface area contributed by atoms with E-state index in [2.05, 4.69) is 44.8 Å². The highest BCUT2D eigenvalue weighted by Gasteiger charge is 2.16. The van der Waals surface area contributed by atoms with Crippen LogP contribution in [0.2, 0.25) is 0 Å². The second-order valence-electron chi connectivity index (χ2n) is 3.15. The average molecular weight is 320 g/mol. The minimum Gasteiger partial charge on any atom is -0.298 e. The zero-order chi connectivity index (χ0) is 10.7. The van der Waals surface area contributed by atoms with Crippen molar-refractivity contribution in [2.45, 2.75) is 25.1 Å². The summed E-state index contributed by atoms with van der Waals surface area (Å²) in [6.07, 6.45) is 0.964. The third-order valence-electron chi connectivity index (χ3n) is 2.12. The number of halogens is 2. The van der Waals surface area contributed by atoms with Crippen LogP contribution in [-0.2, 0) is 11.2 Å². The molecule has 1 unspecified atom stereocenters. The topological polar surface area (TPSA) is 17.1 Å². The summed E-state index contributed by atoms with van der Waals surface area (Å²) < 4.78 is 1.04. The third kappa shape index (κ3) is 2.45. The summed E-state index contributed by atoms with van der Waals surface area (Å²) in [6.45, 7) is 3.69. The molecule has 0 saturated carbocycles. The number of carbonyl (C=O) groups excluding carboxylic acids is 1. The summed E-state index contributed by atoms with van der Waals surface area (Å²) >= 11 is 6.91. The fraction of sp³-hybridized carbons (Fsp3) is 0.364. The van der Waals surface area contributed by atoms with Gasteiger partial charge in [0.05, 0.1) is 4.83 Å². The molecule has 1 aromatic carbocycles. The van der Waals surface area contributed by atoms with Gasteiger partial charge in [-0.2, -0.15) is 0 Å². The van der Waals surface area contributed by atoms with Crippen molar-refractivity contribution in [1.82, 2.24) is 0 Å². The molecule has 3 heteroatoms. The van der Waals surface area contributed by atoms with E-state index in [1.165, 1.54) is 5.56 Å². The molecule has 76 valence electrons. The Kier molecular flexibility index (Phi) is 4.32. The normalized spacial score (nSPS) is 12.6. The van der Waals surface area contributed by atoms with E-state index in [9.17, 15) is 4.79 Å². The SMILES string of the molecule is CCc1cccc(C(Br)C(C)=O)c1Br. The van der Waals surface area contributed by atoms with E-state index in [0.29, 0.717) is 0 Å². The lowest BCUT2D eigenvalue weighted by Gasteiger charge is -2.11. The van der Waals surface area contributed by atoms with Gasteiger partial charge < -0.3 is 0 Å². The van der Waals surface area contributed by atoms with E-state index in [0.717, 1.165) is 16.5 Å². The monoisotopic (exact) mass is 318 g/mol. The molecule has 0 N–H and O–H groups in total. The maximum absolute atomic E-state index is 11.2. The molecule has 0 aliphatic heterocycles. The van der Waals surface area contributed by atoms with Crippen molar-refractivity contribution in [2.24, 2.45) is 0 Å². The summed E-state index contributed by atoms with van der Waals surface area (Å²) in [4.78, 5) is 11.0. The smallest absolute Gasteiger partial charge is 0.147 e. The Bertz CT molecular complexity index is 347. The lowest BCUT2D eigenvalue weighted by molar-refractivity contribution is -0.116. The third-order valence-corrected chi connectivity index (χ3v) is 4.22. The summed E-state index contributed by atoms with van der Waals surface area (Å²) in [7, 11) is 0. The Morgan fingerprint density at radius 3 is 2.64 bits per heavy atom. The molecule has 14 heavy (non-hydrogen) atoms. The quantitative estimate of drug-likeness (QED) is 0.769. The van der Waals surface area contributed by atoms with Crippen LogP contribution < -0.4 is 0 Å². The van der Waals surface area contributed by atoms with Gasteiger partial charge in [0.25, 0.3) is 0 Å². The highest BCUT2D eigenvalue weighted by Crippen LogP contribution is 2.32. The first kappa shape index (κ1) is 11.9. The van der Waals surface area contributed by atoms with Crippen molar-refractivity contribution in [3.05, 3.63) is 33.8 Å². The number of hydrogen-bond acceptors (Lipinski definition) is 1. The lowest BCUT2D eigenvalue weighted by atomic mass is 10.0. The molecule has 1 nitrogen and oxygen atoms in total. The predicted molar refractivity (Wildman–Crippen MR) is 65.9 cm³/mol. The van der Waals surface area contributed by atoms with Gasteiger partial charge >= 0.3 is 0 Å². The van der Waals surface area contributed by atoms with Crippen LogP contribution in [0.4, 0.5) is 0 Å². The molecular formula is C11H12Br2O. The number of rotatable bonds is 3.